The lowest BCUT2D eigenvalue weighted by Gasteiger charge is -2.22. The first-order chi connectivity index (χ1) is 7.81. The van der Waals surface area contributed by atoms with Gasteiger partial charge in [0.05, 0.1) is 7.11 Å². The molecule has 0 saturated carbocycles. The number of benzene rings is 1. The van der Waals surface area contributed by atoms with Crippen LogP contribution in [0.15, 0.2) is 17.0 Å². The molecule has 1 aromatic carbocycles. The minimum Gasteiger partial charge on any atom is -0.612 e. The van der Waals surface area contributed by atoms with Crippen LogP contribution >= 0.6 is 0 Å². The van der Waals surface area contributed by atoms with E-state index < -0.39 is 11.2 Å². The van der Waals surface area contributed by atoms with Crippen molar-refractivity contribution in [3.8, 4) is 5.75 Å². The minimum atomic E-state index is -1.17. The smallest absolute Gasteiger partial charge is 0.199 e. The largest absolute Gasteiger partial charge is 0.612 e. The third-order valence-corrected chi connectivity index (χ3v) is 3.48. The predicted molar refractivity (Wildman–Crippen MR) is 69.4 cm³/mol. The van der Waals surface area contributed by atoms with Crippen LogP contribution < -0.4 is 10.2 Å². The molecule has 17 heavy (non-hydrogen) atoms. The van der Waals surface area contributed by atoms with E-state index >= 15 is 0 Å². The highest BCUT2D eigenvalue weighted by Gasteiger charge is 2.23. The maximum Gasteiger partial charge on any atom is 0.199 e. The van der Waals surface area contributed by atoms with Crippen LogP contribution in [0.1, 0.15) is 26.3 Å². The van der Waals surface area contributed by atoms with Crippen LogP contribution in [0.25, 0.3) is 0 Å². The van der Waals surface area contributed by atoms with Gasteiger partial charge in [-0.15, -0.1) is 0 Å². The zero-order chi connectivity index (χ0) is 13.2. The van der Waals surface area contributed by atoms with Crippen LogP contribution in [0.5, 0.6) is 5.75 Å². The normalized spacial score (nSPS) is 13.4. The van der Waals surface area contributed by atoms with E-state index in [2.05, 4.69) is 26.3 Å². The molecule has 2 N–H and O–H groups in total. The second kappa shape index (κ2) is 5.16. The van der Waals surface area contributed by atoms with Crippen molar-refractivity contribution in [2.24, 2.45) is 0 Å². The highest BCUT2D eigenvalue weighted by atomic mass is 32.2. The fourth-order valence-corrected chi connectivity index (χ4v) is 2.29. The number of anilines is 1. The maximum absolute atomic E-state index is 11.7. The van der Waals surface area contributed by atoms with E-state index in [0.29, 0.717) is 16.3 Å². The number of methoxy groups -OCH3 is 1. The second-order valence-corrected chi connectivity index (χ2v) is 6.22. The van der Waals surface area contributed by atoms with Crippen molar-refractivity contribution in [3.63, 3.8) is 0 Å². The van der Waals surface area contributed by atoms with Gasteiger partial charge >= 0.3 is 0 Å². The van der Waals surface area contributed by atoms with E-state index in [9.17, 15) is 4.55 Å². The molecule has 1 unspecified atom stereocenters. The van der Waals surface area contributed by atoms with Crippen molar-refractivity contribution < 1.29 is 14.5 Å². The van der Waals surface area contributed by atoms with E-state index in [1.165, 1.54) is 7.11 Å². The predicted octanol–water partition coefficient (Wildman–Crippen LogP) is 2.53. The molecule has 0 aromatic heterocycles. The summed E-state index contributed by atoms with van der Waals surface area (Å²) in [5, 5.41) is 9.12. The van der Waals surface area contributed by atoms with E-state index in [-0.39, 0.29) is 5.41 Å². The van der Waals surface area contributed by atoms with Crippen molar-refractivity contribution in [2.45, 2.75) is 31.1 Å². The van der Waals surface area contributed by atoms with E-state index in [4.69, 9.17) is 9.94 Å². The Labute approximate surface area is 105 Å². The Morgan fingerprint density at radius 1 is 1.35 bits per heavy atom. The van der Waals surface area contributed by atoms with Gasteiger partial charge in [-0.05, 0) is 28.2 Å². The van der Waals surface area contributed by atoms with Crippen molar-refractivity contribution >= 4 is 16.9 Å². The Morgan fingerprint density at radius 2 is 1.94 bits per heavy atom. The van der Waals surface area contributed by atoms with Gasteiger partial charge in [-0.2, -0.15) is 0 Å². The monoisotopic (exact) mass is 257 g/mol. The summed E-state index contributed by atoms with van der Waals surface area (Å²) < 4.78 is 16.9. The first-order valence-electron chi connectivity index (χ1n) is 5.27. The molecule has 0 spiro atoms. The van der Waals surface area contributed by atoms with E-state index in [0.717, 1.165) is 5.56 Å². The molecule has 0 aliphatic rings. The van der Waals surface area contributed by atoms with Crippen molar-refractivity contribution in [1.29, 1.82) is 0 Å². The fourth-order valence-electron chi connectivity index (χ4n) is 1.54. The Kier molecular flexibility index (Phi) is 4.30. The van der Waals surface area contributed by atoms with Crippen LogP contribution in [-0.2, 0) is 16.6 Å². The number of hydrogen-bond donors (Lipinski definition) is 2. The van der Waals surface area contributed by atoms with Crippen LogP contribution in [0.3, 0.4) is 0 Å². The van der Waals surface area contributed by atoms with Gasteiger partial charge < -0.3 is 9.29 Å². The highest BCUT2D eigenvalue weighted by molar-refractivity contribution is 7.90. The SMILES string of the molecule is COc1c(NO)cc(C(C)(C)C)cc1[S+](C)[O-]. The molecule has 1 rings (SSSR count). The van der Waals surface area contributed by atoms with Gasteiger partial charge in [0.25, 0.3) is 0 Å². The van der Waals surface area contributed by atoms with E-state index in [1.54, 1.807) is 12.3 Å². The molecule has 0 fully saturated rings. The van der Waals surface area contributed by atoms with Gasteiger partial charge in [0.1, 0.15) is 11.9 Å². The van der Waals surface area contributed by atoms with Gasteiger partial charge in [-0.1, -0.05) is 20.8 Å². The number of hydrogen-bond acceptors (Lipinski definition) is 4. The average Bonchev–Trinajstić information content (AvgIpc) is 2.25. The lowest BCUT2D eigenvalue weighted by Crippen LogP contribution is -2.14. The zero-order valence-corrected chi connectivity index (χ0v) is 11.6. The molecule has 4 nitrogen and oxygen atoms in total. The quantitative estimate of drug-likeness (QED) is 0.645. The lowest BCUT2D eigenvalue weighted by molar-refractivity contribution is 0.368. The first-order valence-corrected chi connectivity index (χ1v) is 6.83. The van der Waals surface area contributed by atoms with Crippen molar-refractivity contribution in [3.05, 3.63) is 17.7 Å². The topological polar surface area (TPSA) is 64.5 Å². The third kappa shape index (κ3) is 3.06. The summed E-state index contributed by atoms with van der Waals surface area (Å²) in [5.74, 6) is 0.418. The fraction of sp³-hybridized carbons (Fsp3) is 0.500. The minimum absolute atomic E-state index is 0.0913. The van der Waals surface area contributed by atoms with Crippen LogP contribution in [0.2, 0.25) is 0 Å². The van der Waals surface area contributed by atoms with Gasteiger partial charge in [0, 0.05) is 6.07 Å². The van der Waals surface area contributed by atoms with Crippen molar-refractivity contribution in [2.75, 3.05) is 18.8 Å². The molecule has 0 amide bonds. The van der Waals surface area contributed by atoms with Gasteiger partial charge in [0.2, 0.25) is 0 Å². The highest BCUT2D eigenvalue weighted by Crippen LogP contribution is 2.37. The average molecular weight is 257 g/mol. The standard InChI is InChI=1S/C12H19NO3S/c1-12(2,3)8-6-9(13-14)11(16-4)10(7-8)17(5)15/h6-7,13-14H,1-5H3. The third-order valence-electron chi connectivity index (χ3n) is 2.56. The molecular formula is C12H19NO3S. The summed E-state index contributed by atoms with van der Waals surface area (Å²) in [6.07, 6.45) is 1.59. The Balaban J connectivity index is 3.46. The summed E-state index contributed by atoms with van der Waals surface area (Å²) in [6, 6.07) is 3.66. The molecule has 0 bridgehead atoms. The lowest BCUT2D eigenvalue weighted by atomic mass is 9.87. The Bertz CT molecular complexity index is 399. The molecule has 5 heteroatoms. The summed E-state index contributed by atoms with van der Waals surface area (Å²) >= 11 is -1.17. The first kappa shape index (κ1) is 14.2. The molecule has 0 aliphatic carbocycles. The Hall–Kier alpha value is -0.910. The van der Waals surface area contributed by atoms with Gasteiger partial charge in [-0.3, -0.25) is 10.7 Å². The number of ether oxygens (including phenoxy) is 1. The van der Waals surface area contributed by atoms with Gasteiger partial charge in [-0.25, -0.2) is 0 Å². The summed E-state index contributed by atoms with van der Waals surface area (Å²) in [7, 11) is 1.49. The summed E-state index contributed by atoms with van der Waals surface area (Å²) in [4.78, 5) is 0.580. The van der Waals surface area contributed by atoms with Crippen LogP contribution in [0.4, 0.5) is 5.69 Å². The summed E-state index contributed by atoms with van der Waals surface area (Å²) in [5.41, 5.74) is 3.42. The Morgan fingerprint density at radius 3 is 2.29 bits per heavy atom. The van der Waals surface area contributed by atoms with Crippen LogP contribution in [-0.4, -0.2) is 23.1 Å². The molecule has 1 aromatic rings. The number of nitrogens with one attached hydrogen (secondary N) is 1. The molecule has 0 heterocycles. The summed E-state index contributed by atoms with van der Waals surface area (Å²) in [6.45, 7) is 6.16. The van der Waals surface area contributed by atoms with E-state index in [1.807, 2.05) is 6.07 Å². The molecule has 96 valence electrons. The number of rotatable bonds is 3. The van der Waals surface area contributed by atoms with Crippen molar-refractivity contribution in [1.82, 2.24) is 0 Å². The molecule has 0 saturated heterocycles. The molecular weight excluding hydrogens is 238 g/mol. The maximum atomic E-state index is 11.7. The second-order valence-electron chi connectivity index (χ2n) is 4.87. The van der Waals surface area contributed by atoms with Crippen LogP contribution in [0, 0.1) is 0 Å². The molecule has 0 radical (unpaired) electrons. The zero-order valence-electron chi connectivity index (χ0n) is 10.8. The molecule has 0 aliphatic heterocycles. The van der Waals surface area contributed by atoms with Gasteiger partial charge in [0.15, 0.2) is 10.6 Å². The molecule has 1 atom stereocenters.